The lowest BCUT2D eigenvalue weighted by Gasteiger charge is -2.34. The molecular weight excluding hydrogens is 384 g/mol. The predicted molar refractivity (Wildman–Crippen MR) is 131 cm³/mol. The summed E-state index contributed by atoms with van der Waals surface area (Å²) in [6.45, 7) is 12.8. The minimum atomic E-state index is 0.431. The number of aliphatic imine (C=N–C) groups is 1. The molecule has 174 valence electrons. The molecule has 0 aliphatic carbocycles. The lowest BCUT2D eigenvalue weighted by Crippen LogP contribution is -2.47. The molecule has 2 fully saturated rings. The number of ether oxygens (including phenoxy) is 1. The molecule has 1 aromatic rings. The first-order valence-corrected chi connectivity index (χ1v) is 12.7. The van der Waals surface area contributed by atoms with Gasteiger partial charge in [-0.25, -0.2) is 0 Å². The first-order valence-electron chi connectivity index (χ1n) is 12.7. The van der Waals surface area contributed by atoms with Gasteiger partial charge in [0.2, 0.25) is 0 Å². The van der Waals surface area contributed by atoms with Crippen LogP contribution < -0.4 is 5.32 Å². The van der Waals surface area contributed by atoms with Crippen molar-refractivity contribution in [3.05, 3.63) is 35.9 Å². The van der Waals surface area contributed by atoms with Crippen molar-refractivity contribution in [1.29, 1.82) is 0 Å². The second kappa shape index (κ2) is 13.7. The van der Waals surface area contributed by atoms with Crippen LogP contribution in [0, 0.1) is 5.92 Å². The third kappa shape index (κ3) is 8.46. The van der Waals surface area contributed by atoms with Gasteiger partial charge in [-0.05, 0) is 89.9 Å². The summed E-state index contributed by atoms with van der Waals surface area (Å²) in [4.78, 5) is 10.00. The monoisotopic (exact) mass is 428 g/mol. The van der Waals surface area contributed by atoms with Crippen LogP contribution in [0.5, 0.6) is 0 Å². The molecule has 2 heterocycles. The largest absolute Gasteiger partial charge is 0.378 e. The van der Waals surface area contributed by atoms with Gasteiger partial charge in [-0.15, -0.1) is 0 Å². The number of rotatable bonds is 10. The average molecular weight is 429 g/mol. The Labute approximate surface area is 190 Å². The summed E-state index contributed by atoms with van der Waals surface area (Å²) in [6, 6.07) is 11.0. The fourth-order valence-corrected chi connectivity index (χ4v) is 4.89. The van der Waals surface area contributed by atoms with Gasteiger partial charge in [-0.1, -0.05) is 30.3 Å². The Hall–Kier alpha value is -1.59. The maximum atomic E-state index is 5.79. The normalized spacial score (nSPS) is 19.7. The number of likely N-dealkylation sites (tertiary alicyclic amines) is 2. The smallest absolute Gasteiger partial charge is 0.193 e. The summed E-state index contributed by atoms with van der Waals surface area (Å²) >= 11 is 0. The maximum absolute atomic E-state index is 5.79. The van der Waals surface area contributed by atoms with Crippen molar-refractivity contribution in [1.82, 2.24) is 15.1 Å². The molecule has 31 heavy (non-hydrogen) atoms. The van der Waals surface area contributed by atoms with Crippen LogP contribution in [0.25, 0.3) is 0 Å². The van der Waals surface area contributed by atoms with Crippen LogP contribution in [0.2, 0.25) is 0 Å². The van der Waals surface area contributed by atoms with E-state index in [4.69, 9.17) is 9.73 Å². The molecule has 3 rings (SSSR count). The summed E-state index contributed by atoms with van der Waals surface area (Å²) in [7, 11) is 0. The van der Waals surface area contributed by atoms with Crippen LogP contribution in [-0.2, 0) is 11.2 Å². The van der Waals surface area contributed by atoms with E-state index in [2.05, 4.69) is 59.3 Å². The number of hydrogen-bond acceptors (Lipinski definition) is 3. The summed E-state index contributed by atoms with van der Waals surface area (Å²) < 4.78 is 5.79. The highest BCUT2D eigenvalue weighted by atomic mass is 16.5. The van der Waals surface area contributed by atoms with E-state index in [0.29, 0.717) is 6.10 Å². The van der Waals surface area contributed by atoms with E-state index in [9.17, 15) is 0 Å². The summed E-state index contributed by atoms with van der Waals surface area (Å²) in [5.74, 6) is 1.96. The molecule has 0 saturated carbocycles. The van der Waals surface area contributed by atoms with Crippen molar-refractivity contribution in [2.75, 3.05) is 52.4 Å². The highest BCUT2D eigenvalue weighted by molar-refractivity contribution is 5.80. The zero-order chi connectivity index (χ0) is 21.7. The zero-order valence-electron chi connectivity index (χ0n) is 19.9. The number of nitrogens with zero attached hydrogens (tertiary/aromatic N) is 3. The maximum Gasteiger partial charge on any atom is 0.193 e. The van der Waals surface area contributed by atoms with E-state index in [1.54, 1.807) is 0 Å². The quantitative estimate of drug-likeness (QED) is 0.345. The molecule has 0 unspecified atom stereocenters. The number of benzene rings is 1. The molecule has 0 spiro atoms. The highest BCUT2D eigenvalue weighted by Gasteiger charge is 2.22. The van der Waals surface area contributed by atoms with Gasteiger partial charge in [0, 0.05) is 32.8 Å². The molecule has 5 heteroatoms. The van der Waals surface area contributed by atoms with Crippen molar-refractivity contribution >= 4 is 5.96 Å². The zero-order valence-corrected chi connectivity index (χ0v) is 19.9. The van der Waals surface area contributed by atoms with Gasteiger partial charge in [-0.2, -0.15) is 0 Å². The van der Waals surface area contributed by atoms with Crippen molar-refractivity contribution in [2.45, 2.75) is 64.9 Å². The van der Waals surface area contributed by atoms with Crippen molar-refractivity contribution in [3.63, 3.8) is 0 Å². The van der Waals surface area contributed by atoms with E-state index < -0.39 is 0 Å². The Balaban J connectivity index is 1.30. The molecule has 0 atom stereocenters. The molecule has 2 aliphatic rings. The predicted octanol–water partition coefficient (Wildman–Crippen LogP) is 4.19. The van der Waals surface area contributed by atoms with Crippen LogP contribution in [0.15, 0.2) is 35.3 Å². The molecule has 5 nitrogen and oxygen atoms in total. The van der Waals surface area contributed by atoms with Crippen molar-refractivity contribution in [2.24, 2.45) is 10.9 Å². The van der Waals surface area contributed by atoms with Gasteiger partial charge >= 0.3 is 0 Å². The second-order valence-corrected chi connectivity index (χ2v) is 9.06. The van der Waals surface area contributed by atoms with Gasteiger partial charge in [0.15, 0.2) is 5.96 Å². The number of hydrogen-bond donors (Lipinski definition) is 1. The van der Waals surface area contributed by atoms with E-state index in [1.165, 1.54) is 57.3 Å². The van der Waals surface area contributed by atoms with Crippen LogP contribution in [0.1, 0.15) is 57.9 Å². The minimum absolute atomic E-state index is 0.431. The Bertz CT molecular complexity index is 620. The first kappa shape index (κ1) is 24.1. The van der Waals surface area contributed by atoms with Crippen molar-refractivity contribution < 1.29 is 4.74 Å². The Morgan fingerprint density at radius 1 is 1.00 bits per heavy atom. The van der Waals surface area contributed by atoms with Crippen LogP contribution in [0.3, 0.4) is 0 Å². The molecule has 2 aliphatic heterocycles. The molecule has 0 aromatic heterocycles. The number of guanidine groups is 1. The third-order valence-electron chi connectivity index (χ3n) is 6.70. The standard InChI is InChI=1S/C26H44N4O/c1-3-27-26(30-20-14-25(15-21-30)31-4-2)28-16-8-9-17-29-18-12-24(13-19-29)22-23-10-6-5-7-11-23/h5-7,10-11,24-25H,3-4,8-9,12-22H2,1-2H3,(H,27,28). The first-order chi connectivity index (χ1) is 15.3. The molecule has 1 N–H and O–H groups in total. The van der Waals surface area contributed by atoms with Crippen LogP contribution >= 0.6 is 0 Å². The Morgan fingerprint density at radius 3 is 2.42 bits per heavy atom. The summed E-state index contributed by atoms with van der Waals surface area (Å²) in [5, 5.41) is 3.49. The topological polar surface area (TPSA) is 40.1 Å². The van der Waals surface area contributed by atoms with Gasteiger partial charge in [0.25, 0.3) is 0 Å². The van der Waals surface area contributed by atoms with E-state index in [-0.39, 0.29) is 0 Å². The third-order valence-corrected chi connectivity index (χ3v) is 6.70. The second-order valence-electron chi connectivity index (χ2n) is 9.06. The fourth-order valence-electron chi connectivity index (χ4n) is 4.89. The summed E-state index contributed by atoms with van der Waals surface area (Å²) in [5.41, 5.74) is 1.50. The molecule has 0 radical (unpaired) electrons. The fraction of sp³-hybridized carbons (Fsp3) is 0.731. The molecule has 0 amide bonds. The molecule has 2 saturated heterocycles. The summed E-state index contributed by atoms with van der Waals surface area (Å²) in [6.07, 6.45) is 9.01. The molecule has 0 bridgehead atoms. The molecule has 1 aromatic carbocycles. The molecular formula is C26H44N4O. The number of piperidine rings is 2. The SMILES string of the molecule is CCNC(=NCCCCN1CCC(Cc2ccccc2)CC1)N1CCC(OCC)CC1. The Morgan fingerprint density at radius 2 is 1.74 bits per heavy atom. The highest BCUT2D eigenvalue weighted by Crippen LogP contribution is 2.22. The van der Waals surface area contributed by atoms with Gasteiger partial charge in [-0.3, -0.25) is 4.99 Å². The van der Waals surface area contributed by atoms with E-state index in [0.717, 1.165) is 57.5 Å². The Kier molecular flexibility index (Phi) is 10.7. The van der Waals surface area contributed by atoms with E-state index >= 15 is 0 Å². The van der Waals surface area contributed by atoms with Crippen molar-refractivity contribution in [3.8, 4) is 0 Å². The van der Waals surface area contributed by atoms with Gasteiger partial charge in [0.1, 0.15) is 0 Å². The average Bonchev–Trinajstić information content (AvgIpc) is 2.81. The van der Waals surface area contributed by atoms with Gasteiger partial charge < -0.3 is 19.9 Å². The van der Waals surface area contributed by atoms with Gasteiger partial charge in [0.05, 0.1) is 6.10 Å². The lowest BCUT2D eigenvalue weighted by atomic mass is 9.90. The van der Waals surface area contributed by atoms with E-state index in [1.807, 2.05) is 0 Å². The van der Waals surface area contributed by atoms with Crippen LogP contribution in [0.4, 0.5) is 0 Å². The number of unbranched alkanes of at least 4 members (excludes halogenated alkanes) is 1. The minimum Gasteiger partial charge on any atom is -0.378 e. The van der Waals surface area contributed by atoms with Crippen LogP contribution in [-0.4, -0.2) is 74.3 Å². The number of nitrogens with one attached hydrogen (secondary N) is 1. The lowest BCUT2D eigenvalue weighted by molar-refractivity contribution is 0.0264.